The molecule has 39 heavy (non-hydrogen) atoms. The molecule has 6 nitrogen and oxygen atoms in total. The minimum absolute atomic E-state index is 0.0597. The van der Waals surface area contributed by atoms with Crippen LogP contribution in [0.1, 0.15) is 38.2 Å². The number of sulfone groups is 1. The first-order valence-electron chi connectivity index (χ1n) is 11.8. The van der Waals surface area contributed by atoms with E-state index in [0.717, 1.165) is 4.90 Å². The summed E-state index contributed by atoms with van der Waals surface area (Å²) in [5, 5.41) is 4.70. The molecule has 0 radical (unpaired) electrons. The Hall–Kier alpha value is -3.03. The third-order valence-electron chi connectivity index (χ3n) is 6.99. The Labute approximate surface area is 219 Å². The van der Waals surface area contributed by atoms with Gasteiger partial charge >= 0.3 is 17.4 Å². The van der Waals surface area contributed by atoms with Crippen molar-refractivity contribution in [2.45, 2.75) is 54.9 Å². The average molecular weight is 584 g/mol. The lowest BCUT2D eigenvalue weighted by atomic mass is 9.99. The summed E-state index contributed by atoms with van der Waals surface area (Å²) in [5.41, 5.74) is -3.64. The highest BCUT2D eigenvalue weighted by molar-refractivity contribution is 7.92. The van der Waals surface area contributed by atoms with Crippen LogP contribution in [0.4, 0.5) is 42.1 Å². The first-order valence-corrected chi connectivity index (χ1v) is 13.3. The quantitative estimate of drug-likeness (QED) is 0.357. The fourth-order valence-electron chi connectivity index (χ4n) is 4.43. The van der Waals surface area contributed by atoms with Gasteiger partial charge in [-0.15, -0.1) is 0 Å². The van der Waals surface area contributed by atoms with Crippen molar-refractivity contribution in [3.63, 3.8) is 0 Å². The lowest BCUT2D eigenvalue weighted by Gasteiger charge is -2.30. The van der Waals surface area contributed by atoms with Crippen LogP contribution < -0.4 is 9.64 Å². The van der Waals surface area contributed by atoms with Gasteiger partial charge in [0.15, 0.2) is 0 Å². The Kier molecular flexibility index (Phi) is 7.10. The maximum atomic E-state index is 15.6. The number of aliphatic carboxylic acids is 1. The van der Waals surface area contributed by atoms with E-state index in [2.05, 4.69) is 0 Å². The number of alkyl halides is 7. The van der Waals surface area contributed by atoms with Crippen molar-refractivity contribution in [3.05, 3.63) is 48.0 Å². The first-order chi connectivity index (χ1) is 17.9. The Morgan fingerprint density at radius 2 is 1.72 bits per heavy atom. The van der Waals surface area contributed by atoms with E-state index in [1.807, 2.05) is 0 Å². The summed E-state index contributed by atoms with van der Waals surface area (Å²) in [6.45, 7) is -1.13. The fourth-order valence-corrected chi connectivity index (χ4v) is 6.07. The highest BCUT2D eigenvalue weighted by Gasteiger charge is 2.57. The highest BCUT2D eigenvalue weighted by Crippen LogP contribution is 2.52. The van der Waals surface area contributed by atoms with Crippen LogP contribution >= 0.6 is 0 Å². The molecule has 1 atom stereocenters. The molecule has 1 aliphatic heterocycles. The van der Waals surface area contributed by atoms with E-state index in [4.69, 9.17) is 4.74 Å². The smallest absolute Gasteiger partial charge is 0.420 e. The van der Waals surface area contributed by atoms with Crippen molar-refractivity contribution in [2.75, 3.05) is 18.1 Å². The third-order valence-corrected chi connectivity index (χ3v) is 8.95. The van der Waals surface area contributed by atoms with Crippen LogP contribution in [0.5, 0.6) is 5.75 Å². The number of para-hydroxylation sites is 1. The normalized spacial score (nSPS) is 21.5. The number of carbonyl (C=O) groups is 1. The molecule has 214 valence electrons. The van der Waals surface area contributed by atoms with E-state index in [1.54, 1.807) is 0 Å². The molecule has 1 saturated carbocycles. The van der Waals surface area contributed by atoms with Crippen molar-refractivity contribution >= 4 is 27.2 Å². The molecule has 0 spiro atoms. The molecule has 1 aliphatic carbocycles. The van der Waals surface area contributed by atoms with Gasteiger partial charge in [-0.3, -0.25) is 4.79 Å². The van der Waals surface area contributed by atoms with Crippen LogP contribution in [0.25, 0.3) is 0 Å². The molecule has 0 aromatic heterocycles. The molecule has 1 N–H and O–H groups in total. The van der Waals surface area contributed by atoms with Crippen molar-refractivity contribution in [3.8, 4) is 5.75 Å². The van der Waals surface area contributed by atoms with Gasteiger partial charge in [0.05, 0.1) is 17.2 Å². The predicted octanol–water partition coefficient (Wildman–Crippen LogP) is 6.52. The number of fused-ring (bicyclic) bond motifs is 1. The summed E-state index contributed by atoms with van der Waals surface area (Å²) in [6, 6.07) is 7.83. The molecular formula is C25H24F7NO5S. The zero-order valence-electron chi connectivity index (χ0n) is 20.4. The largest absolute Gasteiger partial charge is 0.492 e. The Morgan fingerprint density at radius 3 is 2.23 bits per heavy atom. The molecule has 14 heteroatoms. The minimum atomic E-state index is -5.74. The molecule has 0 amide bonds. The summed E-state index contributed by atoms with van der Waals surface area (Å²) in [5.74, 6) is -8.05. The highest BCUT2D eigenvalue weighted by atomic mass is 32.2. The fraction of sp³-hybridized carbons (Fsp3) is 0.480. The second-order valence-corrected chi connectivity index (χ2v) is 12.0. The summed E-state index contributed by atoms with van der Waals surface area (Å²) in [4.78, 5) is 11.2. The van der Waals surface area contributed by atoms with Crippen LogP contribution in [0.15, 0.2) is 47.4 Å². The standard InChI is InChI=1S/C25H24F7NO5S/c1-22(26,27)8-7-15-13-33(16-5-3-2-4-6-16)18-11-17(24(28,29)30)19(38-14-23(9-10-23)21(34)35)12-20(18)39(36,37)25(15,31)32/h2-6,11-12,15H,7-10,13-14H2,1H3,(H,34,35)/t15-/m0/s1. The van der Waals surface area contributed by atoms with Gasteiger partial charge < -0.3 is 14.7 Å². The van der Waals surface area contributed by atoms with Crippen LogP contribution in [0, 0.1) is 11.3 Å². The number of carboxylic acid groups (broad SMARTS) is 1. The van der Waals surface area contributed by atoms with Crippen molar-refractivity contribution in [2.24, 2.45) is 11.3 Å². The number of nitrogens with zero attached hydrogens (tertiary/aromatic N) is 1. The third kappa shape index (κ3) is 5.52. The lowest BCUT2D eigenvalue weighted by molar-refractivity contribution is -0.144. The monoisotopic (exact) mass is 583 g/mol. The number of hydrogen-bond donors (Lipinski definition) is 1. The lowest BCUT2D eigenvalue weighted by Crippen LogP contribution is -2.40. The molecule has 1 fully saturated rings. The molecule has 2 aromatic carbocycles. The minimum Gasteiger partial charge on any atom is -0.492 e. The molecule has 0 bridgehead atoms. The zero-order valence-corrected chi connectivity index (χ0v) is 21.3. The predicted molar refractivity (Wildman–Crippen MR) is 125 cm³/mol. The van der Waals surface area contributed by atoms with Gasteiger partial charge in [0, 0.05) is 24.7 Å². The Balaban J connectivity index is 1.92. The average Bonchev–Trinajstić information content (AvgIpc) is 3.63. The van der Waals surface area contributed by atoms with Crippen molar-refractivity contribution < 1.29 is 53.8 Å². The van der Waals surface area contributed by atoms with Gasteiger partial charge in [-0.1, -0.05) is 18.2 Å². The number of halogens is 7. The van der Waals surface area contributed by atoms with E-state index in [9.17, 15) is 40.3 Å². The Bertz CT molecular complexity index is 1350. The number of carboxylic acids is 1. The van der Waals surface area contributed by atoms with E-state index in [0.29, 0.717) is 19.1 Å². The van der Waals surface area contributed by atoms with E-state index >= 15 is 8.78 Å². The number of rotatable bonds is 8. The van der Waals surface area contributed by atoms with E-state index < -0.39 is 92.4 Å². The summed E-state index contributed by atoms with van der Waals surface area (Å²) >= 11 is 0. The SMILES string of the molecule is CC(F)(F)CC[C@H]1CN(c2ccccc2)c2cc(C(F)(F)F)c(OCC3(C(=O)O)CC3)cc2S(=O)(=O)C1(F)F. The molecule has 0 saturated heterocycles. The molecule has 2 aromatic rings. The first kappa shape index (κ1) is 29.0. The van der Waals surface area contributed by atoms with Gasteiger partial charge in [-0.25, -0.2) is 17.2 Å². The van der Waals surface area contributed by atoms with Gasteiger partial charge in [0.25, 0.3) is 0 Å². The van der Waals surface area contributed by atoms with Crippen LogP contribution in [-0.2, 0) is 20.8 Å². The van der Waals surface area contributed by atoms with Crippen LogP contribution in [0.2, 0.25) is 0 Å². The summed E-state index contributed by atoms with van der Waals surface area (Å²) < 4.78 is 133. The maximum Gasteiger partial charge on any atom is 0.420 e. The van der Waals surface area contributed by atoms with Crippen LogP contribution in [0.3, 0.4) is 0 Å². The van der Waals surface area contributed by atoms with Crippen molar-refractivity contribution in [1.82, 2.24) is 0 Å². The number of anilines is 2. The Morgan fingerprint density at radius 1 is 1.10 bits per heavy atom. The van der Waals surface area contributed by atoms with E-state index in [-0.39, 0.29) is 18.5 Å². The maximum absolute atomic E-state index is 15.6. The summed E-state index contributed by atoms with van der Waals surface area (Å²) in [7, 11) is -5.74. The zero-order chi connectivity index (χ0) is 29.0. The second kappa shape index (κ2) is 9.56. The molecular weight excluding hydrogens is 559 g/mol. The topological polar surface area (TPSA) is 83.9 Å². The number of hydrogen-bond acceptors (Lipinski definition) is 5. The molecule has 2 aliphatic rings. The second-order valence-electron chi connectivity index (χ2n) is 10.0. The number of benzene rings is 2. The van der Waals surface area contributed by atoms with Crippen LogP contribution in [-0.4, -0.2) is 43.8 Å². The number of ether oxygens (including phenoxy) is 1. The summed E-state index contributed by atoms with van der Waals surface area (Å²) in [6.07, 6.45) is -6.95. The van der Waals surface area contributed by atoms with E-state index in [1.165, 1.54) is 30.3 Å². The molecule has 0 unspecified atom stereocenters. The van der Waals surface area contributed by atoms with Gasteiger partial charge in [-0.05, 0) is 44.4 Å². The molecule has 4 rings (SSSR count). The van der Waals surface area contributed by atoms with Gasteiger partial charge in [0.1, 0.15) is 22.7 Å². The molecule has 1 heterocycles. The van der Waals surface area contributed by atoms with Gasteiger partial charge in [0.2, 0.25) is 15.8 Å². The van der Waals surface area contributed by atoms with Gasteiger partial charge in [-0.2, -0.15) is 22.0 Å². The van der Waals surface area contributed by atoms with Crippen molar-refractivity contribution in [1.29, 1.82) is 0 Å².